The molecule has 0 saturated heterocycles. The third kappa shape index (κ3) is 4.88. The Morgan fingerprint density at radius 3 is 1.82 bits per heavy atom. The molecule has 0 aromatic heterocycles. The van der Waals surface area contributed by atoms with Crippen molar-refractivity contribution < 1.29 is 13.2 Å². The molecule has 3 aromatic rings. The number of benzene rings is 3. The topological polar surface area (TPSA) is 67.4 Å². The summed E-state index contributed by atoms with van der Waals surface area (Å²) in [4.78, 5) is 0.105. The van der Waals surface area contributed by atoms with E-state index in [4.69, 9.17) is 17.0 Å². The van der Waals surface area contributed by atoms with Crippen LogP contribution in [0.5, 0.6) is 5.75 Å². The molecule has 7 heteroatoms. The molecule has 3 aromatic carbocycles. The van der Waals surface area contributed by atoms with Gasteiger partial charge in [-0.2, -0.15) is 0 Å². The lowest BCUT2D eigenvalue weighted by atomic mass is 9.99. The van der Waals surface area contributed by atoms with Crippen molar-refractivity contribution in [3.05, 3.63) is 96.1 Å². The Labute approximate surface area is 170 Å². The van der Waals surface area contributed by atoms with Crippen LogP contribution in [0.4, 0.5) is 0 Å². The molecular formula is C21H20N2O3S2. The van der Waals surface area contributed by atoms with E-state index < -0.39 is 10.0 Å². The van der Waals surface area contributed by atoms with Gasteiger partial charge in [0.05, 0.1) is 18.0 Å². The van der Waals surface area contributed by atoms with Gasteiger partial charge < -0.3 is 10.1 Å². The fraction of sp³-hybridized carbons (Fsp3) is 0.0952. The summed E-state index contributed by atoms with van der Waals surface area (Å²) < 4.78 is 32.7. The van der Waals surface area contributed by atoms with Gasteiger partial charge in [0.15, 0.2) is 5.11 Å². The van der Waals surface area contributed by atoms with Crippen molar-refractivity contribution in [3.8, 4) is 5.75 Å². The van der Waals surface area contributed by atoms with Gasteiger partial charge in [-0.1, -0.05) is 60.7 Å². The average Bonchev–Trinajstić information content (AvgIpc) is 2.73. The first kappa shape index (κ1) is 19.9. The SMILES string of the molecule is COc1ccc(S(=O)(=O)NC(=S)NC(c2ccccc2)c2ccccc2)cc1. The van der Waals surface area contributed by atoms with Gasteiger partial charge in [-0.05, 0) is 47.6 Å². The molecule has 3 rings (SSSR count). The van der Waals surface area contributed by atoms with Crippen molar-refractivity contribution in [2.45, 2.75) is 10.9 Å². The zero-order valence-electron chi connectivity index (χ0n) is 15.2. The van der Waals surface area contributed by atoms with Gasteiger partial charge in [0.25, 0.3) is 10.0 Å². The number of ether oxygens (including phenoxy) is 1. The Bertz CT molecular complexity index is 983. The molecule has 0 radical (unpaired) electrons. The van der Waals surface area contributed by atoms with Crippen molar-refractivity contribution in [2.75, 3.05) is 7.11 Å². The Morgan fingerprint density at radius 1 is 0.857 bits per heavy atom. The van der Waals surface area contributed by atoms with Crippen LogP contribution in [0, 0.1) is 0 Å². The summed E-state index contributed by atoms with van der Waals surface area (Å²) in [5.41, 5.74) is 1.94. The minimum absolute atomic E-state index is 0.0218. The number of rotatable bonds is 6. The highest BCUT2D eigenvalue weighted by molar-refractivity contribution is 7.91. The van der Waals surface area contributed by atoms with E-state index in [0.29, 0.717) is 5.75 Å². The second kappa shape index (κ2) is 8.86. The molecule has 0 aliphatic carbocycles. The van der Waals surface area contributed by atoms with Crippen LogP contribution in [0.2, 0.25) is 0 Å². The number of thiocarbonyl (C=S) groups is 1. The summed E-state index contributed by atoms with van der Waals surface area (Å²) in [5, 5.41) is 3.14. The smallest absolute Gasteiger partial charge is 0.263 e. The maximum absolute atomic E-state index is 12.6. The predicted octanol–water partition coefficient (Wildman–Crippen LogP) is 3.64. The van der Waals surface area contributed by atoms with Crippen LogP contribution < -0.4 is 14.8 Å². The zero-order chi connectivity index (χ0) is 20.0. The van der Waals surface area contributed by atoms with Gasteiger partial charge >= 0.3 is 0 Å². The number of hydrogen-bond donors (Lipinski definition) is 2. The molecule has 0 unspecified atom stereocenters. The Kier molecular flexibility index (Phi) is 6.28. The lowest BCUT2D eigenvalue weighted by Gasteiger charge is -2.22. The average molecular weight is 413 g/mol. The first-order valence-electron chi connectivity index (χ1n) is 8.57. The summed E-state index contributed by atoms with van der Waals surface area (Å²) in [7, 11) is -2.28. The highest BCUT2D eigenvalue weighted by Gasteiger charge is 2.19. The van der Waals surface area contributed by atoms with Gasteiger partial charge in [0, 0.05) is 0 Å². The van der Waals surface area contributed by atoms with Crippen LogP contribution in [0.15, 0.2) is 89.8 Å². The molecule has 5 nitrogen and oxygen atoms in total. The molecule has 0 fully saturated rings. The number of sulfonamides is 1. The number of methoxy groups -OCH3 is 1. The van der Waals surface area contributed by atoms with Crippen molar-refractivity contribution in [1.82, 2.24) is 10.0 Å². The van der Waals surface area contributed by atoms with Gasteiger partial charge in [0.2, 0.25) is 0 Å². The van der Waals surface area contributed by atoms with Crippen molar-refractivity contribution >= 4 is 27.4 Å². The number of nitrogens with one attached hydrogen (secondary N) is 2. The van der Waals surface area contributed by atoms with Crippen LogP contribution in [-0.4, -0.2) is 20.6 Å². The monoisotopic (exact) mass is 412 g/mol. The normalized spacial score (nSPS) is 11.1. The highest BCUT2D eigenvalue weighted by atomic mass is 32.2. The van der Waals surface area contributed by atoms with E-state index >= 15 is 0 Å². The zero-order valence-corrected chi connectivity index (χ0v) is 16.8. The third-order valence-electron chi connectivity index (χ3n) is 4.14. The lowest BCUT2D eigenvalue weighted by Crippen LogP contribution is -2.41. The van der Waals surface area contributed by atoms with Gasteiger partial charge in [-0.25, -0.2) is 8.42 Å². The summed E-state index contributed by atoms with van der Waals surface area (Å²) >= 11 is 5.30. The summed E-state index contributed by atoms with van der Waals surface area (Å²) in [6.07, 6.45) is 0. The quantitative estimate of drug-likeness (QED) is 0.605. The van der Waals surface area contributed by atoms with Crippen molar-refractivity contribution in [3.63, 3.8) is 0 Å². The summed E-state index contributed by atoms with van der Waals surface area (Å²) in [6, 6.07) is 25.2. The minimum Gasteiger partial charge on any atom is -0.497 e. The first-order chi connectivity index (χ1) is 13.5. The second-order valence-electron chi connectivity index (χ2n) is 6.01. The maximum Gasteiger partial charge on any atom is 0.263 e. The molecule has 0 spiro atoms. The van der Waals surface area contributed by atoms with Crippen LogP contribution >= 0.6 is 12.2 Å². The van der Waals surface area contributed by atoms with E-state index in [2.05, 4.69) is 10.0 Å². The molecule has 28 heavy (non-hydrogen) atoms. The van der Waals surface area contributed by atoms with Gasteiger partial charge in [0.1, 0.15) is 5.75 Å². The molecule has 0 saturated carbocycles. The van der Waals surface area contributed by atoms with E-state index in [1.807, 2.05) is 60.7 Å². The van der Waals surface area contributed by atoms with Crippen molar-refractivity contribution in [2.24, 2.45) is 0 Å². The molecule has 0 atom stereocenters. The van der Waals surface area contributed by atoms with E-state index in [1.165, 1.54) is 19.2 Å². The Hall–Kier alpha value is -2.90. The maximum atomic E-state index is 12.6. The van der Waals surface area contributed by atoms with Crippen LogP contribution in [-0.2, 0) is 10.0 Å². The second-order valence-corrected chi connectivity index (χ2v) is 8.10. The lowest BCUT2D eigenvalue weighted by molar-refractivity contribution is 0.414. The van der Waals surface area contributed by atoms with Crippen LogP contribution in [0.3, 0.4) is 0 Å². The van der Waals surface area contributed by atoms with E-state index in [0.717, 1.165) is 11.1 Å². The fourth-order valence-electron chi connectivity index (χ4n) is 2.75. The first-order valence-corrected chi connectivity index (χ1v) is 10.5. The van der Waals surface area contributed by atoms with E-state index in [9.17, 15) is 8.42 Å². The molecule has 0 heterocycles. The minimum atomic E-state index is -3.80. The molecule has 0 aliphatic heterocycles. The Morgan fingerprint density at radius 2 is 1.36 bits per heavy atom. The van der Waals surface area contributed by atoms with Crippen LogP contribution in [0.25, 0.3) is 0 Å². The molecule has 0 bridgehead atoms. The summed E-state index contributed by atoms with van der Waals surface area (Å²) in [5.74, 6) is 0.577. The Balaban J connectivity index is 1.80. The highest BCUT2D eigenvalue weighted by Crippen LogP contribution is 2.22. The molecule has 144 valence electrons. The van der Waals surface area contributed by atoms with E-state index in [1.54, 1.807) is 12.1 Å². The predicted molar refractivity (Wildman–Crippen MR) is 114 cm³/mol. The molecular weight excluding hydrogens is 392 g/mol. The van der Waals surface area contributed by atoms with Gasteiger partial charge in [-0.15, -0.1) is 0 Å². The standard InChI is InChI=1S/C21H20N2O3S2/c1-26-18-12-14-19(15-13-18)28(24,25)23-21(27)22-20(16-8-4-2-5-9-16)17-10-6-3-7-11-17/h2-15,20H,1H3,(H2,22,23,27). The molecule has 2 N–H and O–H groups in total. The number of hydrogen-bond acceptors (Lipinski definition) is 4. The van der Waals surface area contributed by atoms with E-state index in [-0.39, 0.29) is 16.0 Å². The van der Waals surface area contributed by atoms with Crippen molar-refractivity contribution in [1.29, 1.82) is 0 Å². The summed E-state index contributed by atoms with van der Waals surface area (Å²) in [6.45, 7) is 0. The third-order valence-corrected chi connectivity index (χ3v) is 5.85. The molecule has 0 aliphatic rings. The fourth-order valence-corrected chi connectivity index (χ4v) is 4.11. The van der Waals surface area contributed by atoms with Crippen LogP contribution in [0.1, 0.15) is 17.2 Å². The molecule has 0 amide bonds. The van der Waals surface area contributed by atoms with Gasteiger partial charge in [-0.3, -0.25) is 4.72 Å². The largest absolute Gasteiger partial charge is 0.497 e.